The molecule has 0 spiro atoms. The van der Waals surface area contributed by atoms with Crippen LogP contribution in [0.2, 0.25) is 0 Å². The van der Waals surface area contributed by atoms with E-state index >= 15 is 0 Å². The summed E-state index contributed by atoms with van der Waals surface area (Å²) in [5, 5.41) is 0. The smallest absolute Gasteiger partial charge is 0.139 e. The fourth-order valence-corrected chi connectivity index (χ4v) is 17.7. The molecule has 4 aliphatic carbocycles. The van der Waals surface area contributed by atoms with Gasteiger partial charge in [0.2, 0.25) is 0 Å². The number of rotatable bonds is 8. The van der Waals surface area contributed by atoms with Crippen LogP contribution in [0, 0.1) is 0 Å². The standard InChI is InChI=1S/C95H88N2O/c1-89(2,3)59-49-75(57-33-37-61(38-34-57)96(63-41-45-71-67-25-17-21-29-77(67)91(7,8)81(71)53-63)64-42-46-72-68-26-18-22-30-78(68)92(9,10)82(72)54-64)87-85(51-59)95(15,16)86-52-60(90(4,5)6)50-76(88(86)98-87)58-35-39-62(40-36-58)97(65-43-47-73-69-27-19-23-31-79(69)93(11,12)83(73)55-65)66-44-48-74-70-28-20-24-32-80(70)94(13,14)84(74)56-66/h17-56H,1-16H3. The summed E-state index contributed by atoms with van der Waals surface area (Å²) in [5.41, 5.74) is 36.2. The van der Waals surface area contributed by atoms with Crippen LogP contribution in [0.1, 0.15) is 178 Å². The Bertz CT molecular complexity index is 4800. The Morgan fingerprint density at radius 1 is 0.224 bits per heavy atom. The van der Waals surface area contributed by atoms with E-state index in [0.717, 1.165) is 67.9 Å². The molecule has 0 atom stereocenters. The maximum absolute atomic E-state index is 7.79. The lowest BCUT2D eigenvalue weighted by atomic mass is 9.70. The van der Waals surface area contributed by atoms with Crippen molar-refractivity contribution in [2.24, 2.45) is 0 Å². The van der Waals surface area contributed by atoms with Crippen LogP contribution in [-0.4, -0.2) is 0 Å². The molecule has 0 unspecified atom stereocenters. The van der Waals surface area contributed by atoms with Gasteiger partial charge < -0.3 is 14.5 Å². The van der Waals surface area contributed by atoms with Gasteiger partial charge in [0.15, 0.2) is 0 Å². The van der Waals surface area contributed by atoms with Gasteiger partial charge in [-0.05, 0) is 207 Å². The maximum atomic E-state index is 7.79. The minimum atomic E-state index is -0.438. The summed E-state index contributed by atoms with van der Waals surface area (Å²) in [6, 6.07) is 92.9. The van der Waals surface area contributed by atoms with Crippen LogP contribution in [0.5, 0.6) is 11.5 Å². The van der Waals surface area contributed by atoms with Crippen molar-refractivity contribution in [1.29, 1.82) is 0 Å². The highest BCUT2D eigenvalue weighted by Gasteiger charge is 2.43. The van der Waals surface area contributed by atoms with E-state index in [1.165, 1.54) is 111 Å². The summed E-state index contributed by atoms with van der Waals surface area (Å²) in [7, 11) is 0. The number of ether oxygens (including phenoxy) is 1. The largest absolute Gasteiger partial charge is 0.455 e. The second kappa shape index (κ2) is 21.0. The van der Waals surface area contributed by atoms with Crippen LogP contribution in [0.4, 0.5) is 34.1 Å². The van der Waals surface area contributed by atoms with Gasteiger partial charge in [0.05, 0.1) is 0 Å². The molecule has 3 heteroatoms. The molecule has 0 saturated carbocycles. The van der Waals surface area contributed by atoms with E-state index in [9.17, 15) is 0 Å². The first-order chi connectivity index (χ1) is 46.6. The zero-order valence-electron chi connectivity index (χ0n) is 59.9. The van der Waals surface area contributed by atoms with Gasteiger partial charge in [-0.25, -0.2) is 0 Å². The third-order valence-electron chi connectivity index (χ3n) is 23.6. The lowest BCUT2D eigenvalue weighted by Gasteiger charge is -2.39. The summed E-state index contributed by atoms with van der Waals surface area (Å²) in [5.74, 6) is 1.83. The Hall–Kier alpha value is -9.96. The van der Waals surface area contributed by atoms with Crippen LogP contribution < -0.4 is 14.5 Å². The normalized spacial score (nSPS) is 16.0. The molecule has 5 aliphatic rings. The molecule has 98 heavy (non-hydrogen) atoms. The minimum Gasteiger partial charge on any atom is -0.455 e. The first-order valence-electron chi connectivity index (χ1n) is 35.5. The van der Waals surface area contributed by atoms with E-state index < -0.39 is 5.41 Å². The number of hydrogen-bond acceptors (Lipinski definition) is 3. The topological polar surface area (TPSA) is 15.7 Å². The number of nitrogens with zero attached hydrogens (tertiary/aromatic N) is 2. The molecule has 0 fully saturated rings. The average molecular weight is 1270 g/mol. The zero-order valence-corrected chi connectivity index (χ0v) is 59.9. The average Bonchev–Trinajstić information content (AvgIpc) is 1.03. The van der Waals surface area contributed by atoms with Crippen molar-refractivity contribution in [3.8, 4) is 78.3 Å². The molecule has 0 radical (unpaired) electrons. The Morgan fingerprint density at radius 3 is 0.724 bits per heavy atom. The van der Waals surface area contributed by atoms with Crippen LogP contribution in [-0.2, 0) is 37.9 Å². The van der Waals surface area contributed by atoms with Gasteiger partial charge in [-0.3, -0.25) is 0 Å². The molecular formula is C95H88N2O. The summed E-state index contributed by atoms with van der Waals surface area (Å²) in [4.78, 5) is 4.97. The Labute approximate surface area is 581 Å². The van der Waals surface area contributed by atoms with Gasteiger partial charge in [0.1, 0.15) is 11.5 Å². The van der Waals surface area contributed by atoms with Crippen molar-refractivity contribution in [2.75, 3.05) is 9.80 Å². The van der Waals surface area contributed by atoms with Crippen LogP contribution in [0.3, 0.4) is 0 Å². The van der Waals surface area contributed by atoms with Gasteiger partial charge >= 0.3 is 0 Å². The summed E-state index contributed by atoms with van der Waals surface area (Å²) in [6.45, 7) is 37.9. The number of benzene rings is 12. The third-order valence-corrected chi connectivity index (χ3v) is 23.6. The first kappa shape index (κ1) is 61.6. The van der Waals surface area contributed by atoms with Crippen LogP contribution >= 0.6 is 0 Å². The zero-order chi connectivity index (χ0) is 68.1. The predicted octanol–water partition coefficient (Wildman–Crippen LogP) is 26.2. The highest BCUT2D eigenvalue weighted by Crippen LogP contribution is 2.60. The molecule has 0 aromatic heterocycles. The molecule has 17 rings (SSSR count). The van der Waals surface area contributed by atoms with Crippen molar-refractivity contribution in [3.63, 3.8) is 0 Å². The molecule has 0 N–H and O–H groups in total. The van der Waals surface area contributed by atoms with Crippen molar-refractivity contribution in [3.05, 3.63) is 309 Å². The van der Waals surface area contributed by atoms with Crippen LogP contribution in [0.25, 0.3) is 66.8 Å². The fraction of sp³-hybridized carbons (Fsp3) is 0.242. The van der Waals surface area contributed by atoms with E-state index in [-0.39, 0.29) is 32.5 Å². The molecule has 12 aromatic rings. The highest BCUT2D eigenvalue weighted by molar-refractivity contribution is 5.93. The van der Waals surface area contributed by atoms with E-state index in [1.807, 2.05) is 0 Å². The Morgan fingerprint density at radius 2 is 0.459 bits per heavy atom. The van der Waals surface area contributed by atoms with Crippen LogP contribution in [0.15, 0.2) is 243 Å². The molecule has 12 aromatic carbocycles. The quantitative estimate of drug-likeness (QED) is 0.151. The molecule has 484 valence electrons. The van der Waals surface area contributed by atoms with Gasteiger partial charge in [-0.2, -0.15) is 0 Å². The molecule has 1 heterocycles. The van der Waals surface area contributed by atoms with E-state index in [2.05, 4.69) is 363 Å². The highest BCUT2D eigenvalue weighted by atomic mass is 16.5. The van der Waals surface area contributed by atoms with Crippen molar-refractivity contribution < 1.29 is 4.74 Å². The lowest BCUT2D eigenvalue weighted by molar-refractivity contribution is 0.418. The Kier molecular flexibility index (Phi) is 13.2. The number of anilines is 6. The lowest BCUT2D eigenvalue weighted by Crippen LogP contribution is -2.27. The molecule has 0 amide bonds. The fourth-order valence-electron chi connectivity index (χ4n) is 17.7. The molecule has 1 aliphatic heterocycles. The third kappa shape index (κ3) is 9.06. The molecular weight excluding hydrogens is 1190 g/mol. The molecule has 3 nitrogen and oxygen atoms in total. The Balaban J connectivity index is 0.789. The van der Waals surface area contributed by atoms with E-state index in [0.29, 0.717) is 0 Å². The van der Waals surface area contributed by atoms with Gasteiger partial charge in [0.25, 0.3) is 0 Å². The van der Waals surface area contributed by atoms with Gasteiger partial charge in [0, 0.05) is 83.5 Å². The maximum Gasteiger partial charge on any atom is 0.139 e. The first-order valence-corrected chi connectivity index (χ1v) is 35.5. The SMILES string of the molecule is CC(C)(C)c1cc(-c2ccc(N(c3ccc4c(c3)C(C)(C)c3ccccc3-4)c3ccc4c(c3)C(C)(C)c3ccccc3-4)cc2)c2c(c1)C(C)(C)c1cc(C(C)(C)C)cc(-c3ccc(N(c4ccc5c(c4)C(C)(C)c4ccccc4-5)c4ccc5c(c4)C(C)(C)c4ccccc4-5)cc3)c1O2. The molecule has 0 bridgehead atoms. The van der Waals surface area contributed by atoms with E-state index in [1.54, 1.807) is 0 Å². The predicted molar refractivity (Wildman–Crippen MR) is 413 cm³/mol. The summed E-state index contributed by atoms with van der Waals surface area (Å²) < 4.78 is 7.79. The summed E-state index contributed by atoms with van der Waals surface area (Å²) >= 11 is 0. The second-order valence-electron chi connectivity index (χ2n) is 33.4. The van der Waals surface area contributed by atoms with Crippen molar-refractivity contribution in [1.82, 2.24) is 0 Å². The molecule has 0 saturated heterocycles. The summed E-state index contributed by atoms with van der Waals surface area (Å²) in [6.07, 6.45) is 0. The van der Waals surface area contributed by atoms with Gasteiger partial charge in [-0.1, -0.05) is 269 Å². The van der Waals surface area contributed by atoms with E-state index in [4.69, 9.17) is 4.74 Å². The number of fused-ring (bicyclic) bond motifs is 14. The van der Waals surface area contributed by atoms with Crippen molar-refractivity contribution >= 4 is 34.1 Å². The number of hydrogen-bond donors (Lipinski definition) is 0. The van der Waals surface area contributed by atoms with Crippen molar-refractivity contribution in [2.45, 2.75) is 149 Å². The monoisotopic (exact) mass is 1270 g/mol. The van der Waals surface area contributed by atoms with Gasteiger partial charge in [-0.15, -0.1) is 0 Å². The second-order valence-corrected chi connectivity index (χ2v) is 33.4. The minimum absolute atomic E-state index is 0.144.